The molecule has 0 saturated heterocycles. The molecular formula is C36H24BNS. The van der Waals surface area contributed by atoms with Gasteiger partial charge in [0.1, 0.15) is 0 Å². The zero-order valence-electron chi connectivity index (χ0n) is 21.3. The Morgan fingerprint density at radius 1 is 0.436 bits per heavy atom. The monoisotopic (exact) mass is 513 g/mol. The molecule has 0 amide bonds. The van der Waals surface area contributed by atoms with Crippen LogP contribution in [0.15, 0.2) is 146 Å². The van der Waals surface area contributed by atoms with E-state index in [4.69, 9.17) is 0 Å². The Labute approximate surface area is 232 Å². The number of benzene rings is 6. The van der Waals surface area contributed by atoms with Crippen molar-refractivity contribution in [1.82, 2.24) is 0 Å². The Morgan fingerprint density at radius 3 is 1.79 bits per heavy atom. The Hall–Kier alpha value is -4.60. The van der Waals surface area contributed by atoms with Crippen LogP contribution in [-0.4, -0.2) is 6.85 Å². The van der Waals surface area contributed by atoms with E-state index in [2.05, 4.69) is 150 Å². The Kier molecular flexibility index (Phi) is 5.17. The molecule has 1 nitrogen and oxygen atoms in total. The fourth-order valence-corrected chi connectivity index (χ4v) is 7.50. The van der Waals surface area contributed by atoms with Crippen LogP contribution < -0.4 is 15.7 Å². The van der Waals surface area contributed by atoms with Crippen LogP contribution in [0.3, 0.4) is 0 Å². The quantitative estimate of drug-likeness (QED) is 0.214. The minimum absolute atomic E-state index is 0.0556. The van der Waals surface area contributed by atoms with Gasteiger partial charge in [0.25, 0.3) is 0 Å². The highest BCUT2D eigenvalue weighted by Gasteiger charge is 2.37. The van der Waals surface area contributed by atoms with Crippen molar-refractivity contribution >= 4 is 60.7 Å². The first-order valence-electron chi connectivity index (χ1n) is 13.4. The van der Waals surface area contributed by atoms with Gasteiger partial charge in [-0.3, -0.25) is 0 Å². The van der Waals surface area contributed by atoms with E-state index in [0.29, 0.717) is 0 Å². The van der Waals surface area contributed by atoms with Crippen molar-refractivity contribution in [1.29, 1.82) is 0 Å². The van der Waals surface area contributed by atoms with Crippen LogP contribution in [0.4, 0.5) is 11.4 Å². The average Bonchev–Trinajstić information content (AvgIpc) is 3.40. The van der Waals surface area contributed by atoms with Crippen molar-refractivity contribution in [3.63, 3.8) is 0 Å². The number of para-hydroxylation sites is 2. The summed E-state index contributed by atoms with van der Waals surface area (Å²) < 4.78 is 2.67. The van der Waals surface area contributed by atoms with E-state index >= 15 is 0 Å². The second-order valence-corrected chi connectivity index (χ2v) is 11.1. The van der Waals surface area contributed by atoms with Crippen LogP contribution in [-0.2, 0) is 0 Å². The van der Waals surface area contributed by atoms with Crippen LogP contribution in [0.1, 0.15) is 0 Å². The molecule has 39 heavy (non-hydrogen) atoms. The summed E-state index contributed by atoms with van der Waals surface area (Å²) in [5, 5.41) is 2.66. The minimum Gasteiger partial charge on any atom is -0.376 e. The average molecular weight is 513 g/mol. The maximum atomic E-state index is 2.56. The van der Waals surface area contributed by atoms with E-state index in [1.54, 1.807) is 0 Å². The van der Waals surface area contributed by atoms with E-state index in [1.807, 2.05) is 11.3 Å². The maximum Gasteiger partial charge on any atom is 0.328 e. The lowest BCUT2D eigenvalue weighted by Crippen LogP contribution is -2.57. The van der Waals surface area contributed by atoms with Crippen LogP contribution >= 0.6 is 11.3 Å². The molecule has 2 heterocycles. The summed E-state index contributed by atoms with van der Waals surface area (Å²) in [6.45, 7) is 0.0556. The molecule has 182 valence electrons. The van der Waals surface area contributed by atoms with Gasteiger partial charge in [-0.15, -0.1) is 11.3 Å². The standard InChI is InChI=1S/C36H24BNS/c1-2-13-25(14-3-1)37-32-21-8-4-15-26(32)27-16-5-9-22-33(27)38(37)34-23-10-6-17-28(34)30-19-12-20-31-29-18-7-11-24-35(29)39-36(30)31/h1-24H. The van der Waals surface area contributed by atoms with Gasteiger partial charge in [0.2, 0.25) is 0 Å². The summed E-state index contributed by atoms with van der Waals surface area (Å²) in [6.07, 6.45) is 0. The first-order valence-corrected chi connectivity index (χ1v) is 14.2. The lowest BCUT2D eigenvalue weighted by molar-refractivity contribution is 1.36. The van der Waals surface area contributed by atoms with Gasteiger partial charge in [0.15, 0.2) is 0 Å². The van der Waals surface area contributed by atoms with Crippen molar-refractivity contribution in [3.05, 3.63) is 146 Å². The minimum atomic E-state index is 0.0556. The third kappa shape index (κ3) is 3.47. The molecule has 0 bridgehead atoms. The molecule has 0 radical (unpaired) electrons. The van der Waals surface area contributed by atoms with Crippen LogP contribution in [0.25, 0.3) is 42.4 Å². The molecule has 1 aliphatic heterocycles. The number of hydrogen-bond acceptors (Lipinski definition) is 2. The van der Waals surface area contributed by atoms with Gasteiger partial charge >= 0.3 is 6.85 Å². The zero-order valence-corrected chi connectivity index (χ0v) is 22.1. The topological polar surface area (TPSA) is 3.24 Å². The highest BCUT2D eigenvalue weighted by Crippen LogP contribution is 2.46. The molecule has 8 rings (SSSR count). The van der Waals surface area contributed by atoms with Crippen LogP contribution in [0.5, 0.6) is 0 Å². The van der Waals surface area contributed by atoms with Crippen molar-refractivity contribution in [3.8, 4) is 22.3 Å². The largest absolute Gasteiger partial charge is 0.376 e. The molecule has 0 saturated carbocycles. The number of rotatable bonds is 3. The summed E-state index contributed by atoms with van der Waals surface area (Å²) in [4.78, 5) is 2.56. The zero-order chi connectivity index (χ0) is 25.8. The number of thiophene rings is 1. The molecule has 0 N–H and O–H groups in total. The van der Waals surface area contributed by atoms with E-state index in [9.17, 15) is 0 Å². The molecule has 0 atom stereocenters. The Bertz CT molecular complexity index is 1990. The first kappa shape index (κ1) is 22.4. The number of nitrogens with zero attached hydrogens (tertiary/aromatic N) is 1. The number of fused-ring (bicyclic) bond motifs is 6. The highest BCUT2D eigenvalue weighted by atomic mass is 32.1. The Balaban J connectivity index is 1.43. The second-order valence-electron chi connectivity index (χ2n) is 10.1. The summed E-state index contributed by atoms with van der Waals surface area (Å²) in [7, 11) is 0. The van der Waals surface area contributed by atoms with Gasteiger partial charge in [-0.2, -0.15) is 0 Å². The van der Waals surface area contributed by atoms with Crippen LogP contribution in [0.2, 0.25) is 0 Å². The van der Waals surface area contributed by atoms with Gasteiger partial charge in [-0.25, -0.2) is 0 Å². The normalized spacial score (nSPS) is 12.5. The third-order valence-corrected chi connectivity index (χ3v) is 9.16. The summed E-state index contributed by atoms with van der Waals surface area (Å²) in [5.74, 6) is 0. The lowest BCUT2D eigenvalue weighted by atomic mass is 9.45. The van der Waals surface area contributed by atoms with E-state index < -0.39 is 0 Å². The maximum absolute atomic E-state index is 2.56. The fraction of sp³-hybridized carbons (Fsp3) is 0. The number of anilines is 2. The summed E-state index contributed by atoms with van der Waals surface area (Å²) in [5.41, 5.74) is 10.2. The Morgan fingerprint density at radius 2 is 1.00 bits per heavy atom. The number of hydrogen-bond donors (Lipinski definition) is 0. The molecule has 6 aromatic carbocycles. The third-order valence-electron chi connectivity index (χ3n) is 7.94. The molecule has 1 aromatic heterocycles. The highest BCUT2D eigenvalue weighted by molar-refractivity contribution is 7.26. The van der Waals surface area contributed by atoms with Gasteiger partial charge in [-0.1, -0.05) is 133 Å². The van der Waals surface area contributed by atoms with Crippen molar-refractivity contribution in [2.75, 3.05) is 4.81 Å². The van der Waals surface area contributed by atoms with E-state index in [0.717, 1.165) is 0 Å². The molecule has 0 unspecified atom stereocenters. The predicted molar refractivity (Wildman–Crippen MR) is 170 cm³/mol. The SMILES string of the molecule is c1ccc(B2c3ccccc3-c3ccccc3N2c2ccccc2-c2cccc3c2sc2ccccc23)cc1. The smallest absolute Gasteiger partial charge is 0.328 e. The molecule has 7 aromatic rings. The van der Waals surface area contributed by atoms with Crippen LogP contribution in [0, 0.1) is 0 Å². The first-order chi connectivity index (χ1) is 19.4. The molecule has 3 heteroatoms. The molecule has 0 spiro atoms. The molecular weight excluding hydrogens is 489 g/mol. The second kappa shape index (κ2) is 9.01. The van der Waals surface area contributed by atoms with Crippen molar-refractivity contribution in [2.45, 2.75) is 0 Å². The van der Waals surface area contributed by atoms with E-state index in [-0.39, 0.29) is 6.85 Å². The van der Waals surface area contributed by atoms with Crippen molar-refractivity contribution in [2.24, 2.45) is 0 Å². The van der Waals surface area contributed by atoms with Gasteiger partial charge in [0, 0.05) is 48.2 Å². The summed E-state index contributed by atoms with van der Waals surface area (Å²) in [6, 6.07) is 53.1. The predicted octanol–water partition coefficient (Wildman–Crippen LogP) is 8.65. The van der Waals surface area contributed by atoms with Gasteiger partial charge in [0.05, 0.1) is 0 Å². The van der Waals surface area contributed by atoms with Gasteiger partial charge in [-0.05, 0) is 29.2 Å². The van der Waals surface area contributed by atoms with E-state index in [1.165, 1.54) is 64.7 Å². The lowest BCUT2D eigenvalue weighted by Gasteiger charge is -2.40. The van der Waals surface area contributed by atoms with Crippen molar-refractivity contribution < 1.29 is 0 Å². The fourth-order valence-electron chi connectivity index (χ4n) is 6.27. The molecule has 0 aliphatic carbocycles. The molecule has 1 aliphatic rings. The van der Waals surface area contributed by atoms with Gasteiger partial charge < -0.3 is 4.81 Å². The molecule has 0 fully saturated rings. The summed E-state index contributed by atoms with van der Waals surface area (Å²) >= 11 is 1.89.